The standard InChI is InChI=1S/C24H42O9/c1-12-9-17(25)7-8-18(33-19-10-13(2)21(27)16(5)32-19)14(3)23(29)31-11-24(6,30)22(28)15(4)20(12)26/h12-19,21-22,25,27-28,30H,7-11H2,1-6H3/t12-,13?,14?,15?,16?,17?,18+,19+,21?,22?,24-/m1/s1. The van der Waals surface area contributed by atoms with Crippen LogP contribution in [0.5, 0.6) is 0 Å². The summed E-state index contributed by atoms with van der Waals surface area (Å²) in [5.41, 5.74) is -1.82. The third-order valence-electron chi connectivity index (χ3n) is 7.21. The van der Waals surface area contributed by atoms with Gasteiger partial charge in [-0.05, 0) is 46.0 Å². The molecule has 2 fully saturated rings. The first kappa shape index (κ1) is 28.1. The molecule has 0 aromatic heterocycles. The molecule has 2 heterocycles. The van der Waals surface area contributed by atoms with Gasteiger partial charge in [-0.3, -0.25) is 9.59 Å². The number of Topliss-reactive ketones (excluding diaryl/α,β-unsaturated/α-hetero) is 1. The zero-order valence-corrected chi connectivity index (χ0v) is 20.6. The van der Waals surface area contributed by atoms with Crippen molar-refractivity contribution in [1.29, 1.82) is 0 Å². The van der Waals surface area contributed by atoms with Gasteiger partial charge in [-0.2, -0.15) is 0 Å². The second kappa shape index (κ2) is 11.6. The number of aliphatic hydroxyl groups is 4. The Hall–Kier alpha value is -1.10. The maximum absolute atomic E-state index is 12.8. The van der Waals surface area contributed by atoms with E-state index in [1.54, 1.807) is 20.8 Å². The van der Waals surface area contributed by atoms with Crippen LogP contribution in [0.4, 0.5) is 0 Å². The molecule has 0 saturated carbocycles. The third-order valence-corrected chi connectivity index (χ3v) is 7.21. The van der Waals surface area contributed by atoms with Gasteiger partial charge >= 0.3 is 5.97 Å². The van der Waals surface area contributed by atoms with E-state index in [1.165, 1.54) is 13.8 Å². The zero-order valence-electron chi connectivity index (χ0n) is 20.6. The fourth-order valence-electron chi connectivity index (χ4n) is 4.73. The number of ether oxygens (including phenoxy) is 3. The molecule has 0 bridgehead atoms. The van der Waals surface area contributed by atoms with Gasteiger partial charge in [0.25, 0.3) is 0 Å². The van der Waals surface area contributed by atoms with Crippen LogP contribution in [0.15, 0.2) is 0 Å². The normalized spacial score (nSPS) is 47.0. The molecule has 7 unspecified atom stereocenters. The highest BCUT2D eigenvalue weighted by molar-refractivity contribution is 5.83. The first-order chi connectivity index (χ1) is 15.2. The van der Waals surface area contributed by atoms with Gasteiger partial charge in [-0.1, -0.05) is 20.8 Å². The van der Waals surface area contributed by atoms with Crippen LogP contribution < -0.4 is 0 Å². The summed E-state index contributed by atoms with van der Waals surface area (Å²) >= 11 is 0. The lowest BCUT2D eigenvalue weighted by atomic mass is 9.81. The van der Waals surface area contributed by atoms with Crippen LogP contribution in [0.3, 0.4) is 0 Å². The molecule has 2 aliphatic heterocycles. The van der Waals surface area contributed by atoms with Crippen molar-refractivity contribution in [3.8, 4) is 0 Å². The van der Waals surface area contributed by atoms with Crippen LogP contribution in [0.2, 0.25) is 0 Å². The number of carbonyl (C=O) groups is 2. The van der Waals surface area contributed by atoms with Gasteiger partial charge in [-0.15, -0.1) is 0 Å². The molecule has 0 aromatic carbocycles. The van der Waals surface area contributed by atoms with Crippen molar-refractivity contribution in [3.63, 3.8) is 0 Å². The molecule has 9 heteroatoms. The van der Waals surface area contributed by atoms with Gasteiger partial charge in [-0.25, -0.2) is 0 Å². The van der Waals surface area contributed by atoms with Crippen molar-refractivity contribution < 1.29 is 44.2 Å². The molecular formula is C24H42O9. The van der Waals surface area contributed by atoms with E-state index in [0.717, 1.165) is 0 Å². The average Bonchev–Trinajstić information content (AvgIpc) is 2.75. The van der Waals surface area contributed by atoms with E-state index in [9.17, 15) is 30.0 Å². The van der Waals surface area contributed by atoms with Gasteiger partial charge in [0, 0.05) is 18.3 Å². The molecular weight excluding hydrogens is 432 g/mol. The second-order valence-corrected chi connectivity index (χ2v) is 10.4. The minimum Gasteiger partial charge on any atom is -0.462 e. The Morgan fingerprint density at radius 1 is 0.970 bits per heavy atom. The minimum absolute atomic E-state index is 0.0458. The van der Waals surface area contributed by atoms with Gasteiger partial charge < -0.3 is 34.6 Å². The molecule has 0 amide bonds. The summed E-state index contributed by atoms with van der Waals surface area (Å²) in [6, 6.07) is 0. The van der Waals surface area contributed by atoms with Crippen LogP contribution in [0.1, 0.15) is 67.2 Å². The number of aliphatic hydroxyl groups excluding tert-OH is 3. The molecule has 4 N–H and O–H groups in total. The van der Waals surface area contributed by atoms with E-state index in [2.05, 4.69) is 0 Å². The van der Waals surface area contributed by atoms with Gasteiger partial charge in [0.2, 0.25) is 0 Å². The number of rotatable bonds is 2. The number of carbonyl (C=O) groups excluding carboxylic acids is 2. The largest absolute Gasteiger partial charge is 0.462 e. The summed E-state index contributed by atoms with van der Waals surface area (Å²) in [5, 5.41) is 42.0. The van der Waals surface area contributed by atoms with Gasteiger partial charge in [0.15, 0.2) is 6.29 Å². The van der Waals surface area contributed by atoms with E-state index in [0.29, 0.717) is 19.3 Å². The lowest BCUT2D eigenvalue weighted by molar-refractivity contribution is -0.255. The molecule has 0 aliphatic carbocycles. The van der Waals surface area contributed by atoms with E-state index in [1.807, 2.05) is 6.92 Å². The highest BCUT2D eigenvalue weighted by Gasteiger charge is 2.42. The molecule has 2 aliphatic rings. The Labute approximate surface area is 196 Å². The van der Waals surface area contributed by atoms with E-state index in [4.69, 9.17) is 14.2 Å². The van der Waals surface area contributed by atoms with Crippen molar-refractivity contribution in [2.75, 3.05) is 6.61 Å². The van der Waals surface area contributed by atoms with Gasteiger partial charge in [0.1, 0.15) is 18.0 Å². The molecule has 0 radical (unpaired) electrons. The summed E-state index contributed by atoms with van der Waals surface area (Å²) in [6.45, 7) is 9.38. The summed E-state index contributed by atoms with van der Waals surface area (Å²) < 4.78 is 17.2. The second-order valence-electron chi connectivity index (χ2n) is 10.4. The number of ketones is 1. The highest BCUT2D eigenvalue weighted by atomic mass is 16.7. The fourth-order valence-corrected chi connectivity index (χ4v) is 4.73. The smallest absolute Gasteiger partial charge is 0.311 e. The predicted molar refractivity (Wildman–Crippen MR) is 119 cm³/mol. The van der Waals surface area contributed by atoms with Crippen LogP contribution >= 0.6 is 0 Å². The molecule has 2 rings (SSSR count). The molecule has 11 atom stereocenters. The average molecular weight is 475 g/mol. The van der Waals surface area contributed by atoms with Crippen molar-refractivity contribution in [2.24, 2.45) is 23.7 Å². The highest BCUT2D eigenvalue weighted by Crippen LogP contribution is 2.30. The lowest BCUT2D eigenvalue weighted by Gasteiger charge is -2.39. The lowest BCUT2D eigenvalue weighted by Crippen LogP contribution is -2.51. The Kier molecular flexibility index (Phi) is 9.85. The molecule has 33 heavy (non-hydrogen) atoms. The Balaban J connectivity index is 2.21. The van der Waals surface area contributed by atoms with Crippen LogP contribution in [0, 0.1) is 23.7 Å². The topological polar surface area (TPSA) is 143 Å². The van der Waals surface area contributed by atoms with Crippen molar-refractivity contribution in [2.45, 2.75) is 110 Å². The molecule has 0 spiro atoms. The first-order valence-electron chi connectivity index (χ1n) is 12.0. The van der Waals surface area contributed by atoms with Crippen LogP contribution in [-0.4, -0.2) is 81.2 Å². The molecule has 9 nitrogen and oxygen atoms in total. The number of hydrogen-bond acceptors (Lipinski definition) is 9. The Morgan fingerprint density at radius 2 is 1.61 bits per heavy atom. The molecule has 0 aromatic rings. The van der Waals surface area contributed by atoms with Crippen molar-refractivity contribution >= 4 is 11.8 Å². The van der Waals surface area contributed by atoms with E-state index in [-0.39, 0.29) is 18.1 Å². The summed E-state index contributed by atoms with van der Waals surface area (Å²) in [6.07, 6.45) is -3.25. The maximum atomic E-state index is 12.8. The Morgan fingerprint density at radius 3 is 2.21 bits per heavy atom. The van der Waals surface area contributed by atoms with E-state index < -0.39 is 72.7 Å². The quantitative estimate of drug-likeness (QED) is 0.434. The van der Waals surface area contributed by atoms with Gasteiger partial charge in [0.05, 0.1) is 36.4 Å². The number of cyclic esters (lactones) is 1. The minimum atomic E-state index is -1.82. The third kappa shape index (κ3) is 7.19. The first-order valence-corrected chi connectivity index (χ1v) is 12.0. The molecule has 2 saturated heterocycles. The zero-order chi connectivity index (χ0) is 25.1. The van der Waals surface area contributed by atoms with Crippen molar-refractivity contribution in [3.05, 3.63) is 0 Å². The van der Waals surface area contributed by atoms with E-state index >= 15 is 0 Å². The summed E-state index contributed by atoms with van der Waals surface area (Å²) in [4.78, 5) is 25.5. The number of hydrogen-bond donors (Lipinski definition) is 4. The monoisotopic (exact) mass is 474 g/mol. The Bertz CT molecular complexity index is 654. The van der Waals surface area contributed by atoms with Crippen LogP contribution in [0.25, 0.3) is 0 Å². The maximum Gasteiger partial charge on any atom is 0.311 e. The number of esters is 1. The fraction of sp³-hybridized carbons (Fsp3) is 0.917. The summed E-state index contributed by atoms with van der Waals surface area (Å²) in [5.74, 6) is -3.08. The van der Waals surface area contributed by atoms with Crippen LogP contribution in [-0.2, 0) is 23.8 Å². The van der Waals surface area contributed by atoms with Crippen molar-refractivity contribution in [1.82, 2.24) is 0 Å². The molecule has 192 valence electrons. The SMILES string of the molecule is CC1C[C@H](O[C@H]2CCC(O)C[C@@H](C)C(=O)C(C)C(O)[C@](C)(O)COC(=O)C2C)OC(C)C1O. The predicted octanol–water partition coefficient (Wildman–Crippen LogP) is 1.18. The summed E-state index contributed by atoms with van der Waals surface area (Å²) in [7, 11) is 0.